The van der Waals surface area contributed by atoms with Crippen LogP contribution in [0, 0.1) is 5.82 Å². The van der Waals surface area contributed by atoms with Crippen molar-refractivity contribution in [2.24, 2.45) is 0 Å². The first-order chi connectivity index (χ1) is 16.4. The molecular weight excluding hydrogens is 462 g/mol. The summed E-state index contributed by atoms with van der Waals surface area (Å²) < 4.78 is 33.5. The summed E-state index contributed by atoms with van der Waals surface area (Å²) >= 11 is 5.88. The third-order valence-corrected chi connectivity index (χ3v) is 6.10. The Balaban J connectivity index is 1.58. The largest absolute Gasteiger partial charge is 0.496 e. The van der Waals surface area contributed by atoms with Crippen LogP contribution in [-0.2, 0) is 11.2 Å². The van der Waals surface area contributed by atoms with E-state index in [9.17, 15) is 13.6 Å². The molecule has 0 amide bonds. The first-order valence-electron chi connectivity index (χ1n) is 11.1. The minimum atomic E-state index is -0.753. The molecule has 4 rings (SSSR count). The molecule has 0 bridgehead atoms. The number of halogens is 3. The van der Waals surface area contributed by atoms with Crippen LogP contribution in [0.15, 0.2) is 48.6 Å². The van der Waals surface area contributed by atoms with Gasteiger partial charge in [0.15, 0.2) is 11.6 Å². The van der Waals surface area contributed by atoms with Gasteiger partial charge in [-0.2, -0.15) is 0 Å². The number of rotatable bonds is 8. The van der Waals surface area contributed by atoms with Crippen molar-refractivity contribution in [1.82, 2.24) is 14.9 Å². The lowest BCUT2D eigenvalue weighted by Gasteiger charge is -2.24. The Kier molecular flexibility index (Phi) is 7.70. The average Bonchev–Trinajstić information content (AvgIpc) is 2.85. The lowest BCUT2D eigenvalue weighted by atomic mass is 10.0. The van der Waals surface area contributed by atoms with E-state index in [-0.39, 0.29) is 11.4 Å². The van der Waals surface area contributed by atoms with E-state index in [1.807, 2.05) is 0 Å². The molecule has 6 nitrogen and oxygen atoms in total. The third-order valence-electron chi connectivity index (χ3n) is 5.81. The highest BCUT2D eigenvalue weighted by Crippen LogP contribution is 2.31. The molecule has 1 fully saturated rings. The molecule has 0 radical (unpaired) electrons. The number of Topliss-reactive ketones (excluding diaryl/α,β-unsaturated/α-hetero) is 1. The van der Waals surface area contributed by atoms with Gasteiger partial charge in [0.05, 0.1) is 17.6 Å². The summed E-state index contributed by atoms with van der Waals surface area (Å²) in [6.45, 7) is 2.27. The first kappa shape index (κ1) is 24.0. The van der Waals surface area contributed by atoms with E-state index in [0.29, 0.717) is 40.3 Å². The van der Waals surface area contributed by atoms with E-state index in [0.717, 1.165) is 25.9 Å². The number of methoxy groups -OCH3 is 1. The molecule has 0 saturated carbocycles. The predicted octanol–water partition coefficient (Wildman–Crippen LogP) is 5.63. The number of hydrogen-bond acceptors (Lipinski definition) is 6. The maximum absolute atomic E-state index is 14.6. The number of hydrogen-bond donors (Lipinski definition) is 1. The van der Waals surface area contributed by atoms with E-state index in [4.69, 9.17) is 16.3 Å². The van der Waals surface area contributed by atoms with Crippen molar-refractivity contribution in [3.05, 3.63) is 65.0 Å². The minimum absolute atomic E-state index is 0.0249. The second-order valence-electron chi connectivity index (χ2n) is 8.17. The number of benzene rings is 2. The molecule has 2 aromatic carbocycles. The van der Waals surface area contributed by atoms with Crippen LogP contribution in [0.2, 0.25) is 5.02 Å². The second kappa shape index (κ2) is 10.9. The highest BCUT2D eigenvalue weighted by Gasteiger charge is 2.17. The van der Waals surface area contributed by atoms with Gasteiger partial charge in [-0.1, -0.05) is 18.0 Å². The average molecular weight is 487 g/mol. The van der Waals surface area contributed by atoms with E-state index in [1.54, 1.807) is 12.1 Å². The molecule has 0 spiro atoms. The zero-order valence-electron chi connectivity index (χ0n) is 18.8. The van der Waals surface area contributed by atoms with Crippen molar-refractivity contribution in [2.75, 3.05) is 32.1 Å². The summed E-state index contributed by atoms with van der Waals surface area (Å²) in [5.74, 6) is -1.03. The van der Waals surface area contributed by atoms with Crippen LogP contribution in [0.5, 0.6) is 5.75 Å². The number of ether oxygens (including phenoxy) is 1. The molecular formula is C25H25ClF2N4O2. The molecule has 2 heterocycles. The van der Waals surface area contributed by atoms with Gasteiger partial charge in [0, 0.05) is 35.7 Å². The highest BCUT2D eigenvalue weighted by atomic mass is 35.5. The molecule has 1 aliphatic rings. The number of fused-ring (bicyclic) bond motifs is 1. The van der Waals surface area contributed by atoms with Gasteiger partial charge in [-0.05, 0) is 56.3 Å². The van der Waals surface area contributed by atoms with Gasteiger partial charge in [-0.25, -0.2) is 18.7 Å². The van der Waals surface area contributed by atoms with Crippen molar-refractivity contribution in [3.8, 4) is 5.75 Å². The Bertz CT molecular complexity index is 1230. The number of nitrogens with one attached hydrogen (secondary N) is 1. The fraction of sp³-hybridized carbons (Fsp3) is 0.320. The van der Waals surface area contributed by atoms with Crippen LogP contribution in [-0.4, -0.2) is 47.4 Å². The number of allylic oxidation sites excluding steroid dienone is 1. The quantitative estimate of drug-likeness (QED) is 0.416. The van der Waals surface area contributed by atoms with Crippen molar-refractivity contribution in [1.29, 1.82) is 0 Å². The minimum Gasteiger partial charge on any atom is -0.496 e. The second-order valence-corrected chi connectivity index (χ2v) is 8.58. The van der Waals surface area contributed by atoms with E-state index in [1.165, 1.54) is 44.1 Å². The fourth-order valence-corrected chi connectivity index (χ4v) is 4.17. The number of carbonyl (C=O) groups excluding carboxylic acids is 1. The number of nitrogens with zero attached hydrogens (tertiary/aromatic N) is 3. The van der Waals surface area contributed by atoms with Crippen molar-refractivity contribution >= 4 is 39.8 Å². The third kappa shape index (κ3) is 5.69. The van der Waals surface area contributed by atoms with Gasteiger partial charge in [0.25, 0.3) is 0 Å². The highest BCUT2D eigenvalue weighted by molar-refractivity contribution is 6.31. The smallest absolute Gasteiger partial charge is 0.195 e. The molecule has 1 aromatic heterocycles. The summed E-state index contributed by atoms with van der Waals surface area (Å²) in [6, 6.07) is 7.61. The van der Waals surface area contributed by atoms with Crippen LogP contribution < -0.4 is 10.1 Å². The van der Waals surface area contributed by atoms with Crippen LogP contribution in [0.3, 0.4) is 0 Å². The van der Waals surface area contributed by atoms with Crippen LogP contribution in [0.1, 0.15) is 24.8 Å². The maximum atomic E-state index is 14.6. The van der Waals surface area contributed by atoms with E-state index < -0.39 is 17.4 Å². The zero-order valence-corrected chi connectivity index (χ0v) is 19.5. The molecule has 1 aliphatic heterocycles. The SMILES string of the molecule is COc1cc2ncnc(Nc3ccc(F)c(Cl)c3)c2cc1CC(=O)/C(F)=C/CN1CCCCC1. The van der Waals surface area contributed by atoms with E-state index in [2.05, 4.69) is 20.2 Å². The summed E-state index contributed by atoms with van der Waals surface area (Å²) in [4.78, 5) is 23.3. The lowest BCUT2D eigenvalue weighted by Crippen LogP contribution is -2.30. The molecule has 0 aliphatic carbocycles. The summed E-state index contributed by atoms with van der Waals surface area (Å²) in [7, 11) is 1.48. The Morgan fingerprint density at radius 1 is 1.21 bits per heavy atom. The van der Waals surface area contributed by atoms with Gasteiger partial charge in [-0.15, -0.1) is 0 Å². The number of carbonyl (C=O) groups is 1. The topological polar surface area (TPSA) is 67.4 Å². The molecule has 3 aromatic rings. The molecule has 34 heavy (non-hydrogen) atoms. The van der Waals surface area contributed by atoms with Gasteiger partial charge in [0.1, 0.15) is 23.7 Å². The number of ketones is 1. The van der Waals surface area contributed by atoms with Crippen LogP contribution in [0.4, 0.5) is 20.3 Å². The maximum Gasteiger partial charge on any atom is 0.195 e. The van der Waals surface area contributed by atoms with Gasteiger partial charge < -0.3 is 10.1 Å². The van der Waals surface area contributed by atoms with Gasteiger partial charge in [0.2, 0.25) is 0 Å². The molecule has 9 heteroatoms. The predicted molar refractivity (Wildman–Crippen MR) is 129 cm³/mol. The Morgan fingerprint density at radius 3 is 2.74 bits per heavy atom. The Morgan fingerprint density at radius 2 is 2.00 bits per heavy atom. The molecule has 0 atom stereocenters. The number of aromatic nitrogens is 2. The van der Waals surface area contributed by atoms with Crippen LogP contribution >= 0.6 is 11.6 Å². The summed E-state index contributed by atoms with van der Waals surface area (Å²) in [6.07, 6.45) is 5.95. The molecule has 178 valence electrons. The number of piperidine rings is 1. The van der Waals surface area contributed by atoms with E-state index >= 15 is 0 Å². The van der Waals surface area contributed by atoms with Crippen molar-refractivity contribution < 1.29 is 18.3 Å². The van der Waals surface area contributed by atoms with Gasteiger partial charge >= 0.3 is 0 Å². The zero-order chi connectivity index (χ0) is 24.1. The summed E-state index contributed by atoms with van der Waals surface area (Å²) in [5.41, 5.74) is 1.61. The van der Waals surface area contributed by atoms with Gasteiger partial charge in [-0.3, -0.25) is 9.69 Å². The number of likely N-dealkylation sites (tertiary alicyclic amines) is 1. The molecule has 1 saturated heterocycles. The lowest BCUT2D eigenvalue weighted by molar-refractivity contribution is -0.116. The Hall–Kier alpha value is -3.10. The van der Waals surface area contributed by atoms with Crippen molar-refractivity contribution in [3.63, 3.8) is 0 Å². The monoisotopic (exact) mass is 486 g/mol. The molecule has 0 unspecified atom stereocenters. The van der Waals surface area contributed by atoms with Crippen LogP contribution in [0.25, 0.3) is 10.9 Å². The normalized spacial score (nSPS) is 14.9. The Labute approximate surface area is 201 Å². The fourth-order valence-electron chi connectivity index (χ4n) is 3.99. The standard InChI is InChI=1S/C25H25ClF2N4O2/c1-34-24-14-22-18(25(30-15-29-22)31-17-5-6-20(27)19(26)13-17)11-16(24)12-23(33)21(28)7-10-32-8-3-2-4-9-32/h5-7,11,13-15H,2-4,8-10,12H2,1H3,(H,29,30,31)/b21-7-. The summed E-state index contributed by atoms with van der Waals surface area (Å²) in [5, 5.41) is 3.67. The number of anilines is 2. The van der Waals surface area contributed by atoms with Crippen molar-refractivity contribution in [2.45, 2.75) is 25.7 Å². The molecule has 1 N–H and O–H groups in total. The first-order valence-corrected chi connectivity index (χ1v) is 11.5.